The number of aromatic nitrogens is 4. The molecule has 3 N–H and O–H groups in total. The van der Waals surface area contributed by atoms with E-state index in [4.69, 9.17) is 5.73 Å². The highest BCUT2D eigenvalue weighted by molar-refractivity contribution is 5.95. The molecule has 8 nitrogen and oxygen atoms in total. The van der Waals surface area contributed by atoms with Crippen molar-refractivity contribution in [3.8, 4) is 11.1 Å². The first-order valence-electron chi connectivity index (χ1n) is 10.1. The van der Waals surface area contributed by atoms with Gasteiger partial charge in [0, 0.05) is 18.0 Å². The lowest BCUT2D eigenvalue weighted by Crippen LogP contribution is -2.42. The Balaban J connectivity index is 1.47. The fourth-order valence-corrected chi connectivity index (χ4v) is 3.84. The van der Waals surface area contributed by atoms with Crippen LogP contribution in [0.2, 0.25) is 0 Å². The van der Waals surface area contributed by atoms with Crippen LogP contribution in [0.4, 0.5) is 29.6 Å². The van der Waals surface area contributed by atoms with Crippen molar-refractivity contribution in [2.24, 2.45) is 0 Å². The van der Waals surface area contributed by atoms with E-state index in [2.05, 4.69) is 20.4 Å². The topological polar surface area (TPSA) is 101 Å². The molecule has 0 bridgehead atoms. The molecule has 0 fully saturated rings. The Kier molecular flexibility index (Phi) is 4.69. The summed E-state index contributed by atoms with van der Waals surface area (Å²) in [5.41, 5.74) is 7.30. The molecular weight excluding hydrogens is 435 g/mol. The number of hydrogen-bond acceptors (Lipinski definition) is 5. The summed E-state index contributed by atoms with van der Waals surface area (Å²) in [4.78, 5) is 21.9. The normalized spacial score (nSPS) is 15.5. The molecule has 1 aliphatic rings. The second-order valence-corrected chi connectivity index (χ2v) is 7.80. The van der Waals surface area contributed by atoms with Crippen LogP contribution < -0.4 is 16.0 Å². The summed E-state index contributed by atoms with van der Waals surface area (Å²) in [6.07, 6.45) is 2.97. The third-order valence-corrected chi connectivity index (χ3v) is 5.48. The average Bonchev–Trinajstić information content (AvgIpc) is 3.28. The van der Waals surface area contributed by atoms with Crippen molar-refractivity contribution < 1.29 is 18.0 Å². The lowest BCUT2D eigenvalue weighted by molar-refractivity contribution is 0.0108. The number of carbonyl (C=O) groups is 1. The highest BCUT2D eigenvalue weighted by Gasteiger charge is 2.47. The average molecular weight is 453 g/mol. The molecule has 11 heteroatoms. The van der Waals surface area contributed by atoms with E-state index in [0.717, 1.165) is 4.90 Å². The van der Waals surface area contributed by atoms with Gasteiger partial charge in [0.15, 0.2) is 5.65 Å². The van der Waals surface area contributed by atoms with E-state index < -0.39 is 36.1 Å². The first-order chi connectivity index (χ1) is 15.7. The van der Waals surface area contributed by atoms with Crippen LogP contribution >= 0.6 is 0 Å². The molecule has 1 aliphatic heterocycles. The van der Waals surface area contributed by atoms with Crippen molar-refractivity contribution in [2.45, 2.75) is 18.9 Å². The van der Waals surface area contributed by atoms with Gasteiger partial charge in [-0.15, -0.1) is 5.10 Å². The van der Waals surface area contributed by atoms with Crippen LogP contribution in [0.15, 0.2) is 54.9 Å². The second-order valence-electron chi connectivity index (χ2n) is 7.80. The van der Waals surface area contributed by atoms with Gasteiger partial charge in [-0.2, -0.15) is 13.8 Å². The summed E-state index contributed by atoms with van der Waals surface area (Å²) in [6.45, 7) is 0.802. The predicted molar refractivity (Wildman–Crippen MR) is 115 cm³/mol. The molecule has 2 amide bonds. The number of anilines is 2. The number of nitrogen functional groups attached to an aromatic ring is 1. The van der Waals surface area contributed by atoms with E-state index in [0.29, 0.717) is 22.3 Å². The van der Waals surface area contributed by atoms with Gasteiger partial charge in [-0.3, -0.25) is 9.88 Å². The third kappa shape index (κ3) is 3.71. The van der Waals surface area contributed by atoms with E-state index in [1.807, 2.05) is 0 Å². The molecule has 1 aromatic carbocycles. The fraction of sp³-hybridized carbons (Fsp3) is 0.182. The maximum absolute atomic E-state index is 14.6. The molecule has 1 atom stereocenters. The van der Waals surface area contributed by atoms with E-state index in [1.165, 1.54) is 35.0 Å². The lowest BCUT2D eigenvalue weighted by atomic mass is 10.1. The first-order valence-corrected chi connectivity index (χ1v) is 10.1. The molecule has 5 rings (SSSR count). The largest absolute Gasteiger partial charge is 0.366 e. The Morgan fingerprint density at radius 3 is 2.82 bits per heavy atom. The molecule has 168 valence electrons. The number of nitrogens with one attached hydrogen (secondary N) is 1. The van der Waals surface area contributed by atoms with Gasteiger partial charge in [-0.25, -0.2) is 13.7 Å². The minimum absolute atomic E-state index is 0.00213. The van der Waals surface area contributed by atoms with Crippen molar-refractivity contribution in [3.05, 3.63) is 71.9 Å². The molecular formula is C22H18F3N7O. The number of hydrogen-bond donors (Lipinski definition) is 2. The summed E-state index contributed by atoms with van der Waals surface area (Å²) < 4.78 is 44.3. The van der Waals surface area contributed by atoms with Crippen LogP contribution in [-0.2, 0) is 5.92 Å². The number of nitrogens with zero attached hydrogens (tertiary/aromatic N) is 5. The Morgan fingerprint density at radius 2 is 2.03 bits per heavy atom. The summed E-state index contributed by atoms with van der Waals surface area (Å²) in [5.74, 6) is -3.65. The van der Waals surface area contributed by atoms with Crippen LogP contribution in [0.5, 0.6) is 0 Å². The molecule has 0 saturated heterocycles. The zero-order valence-corrected chi connectivity index (χ0v) is 17.3. The number of nitrogens with two attached hydrogens (primary N) is 1. The number of fused-ring (bicyclic) bond motifs is 2. The Bertz CT molecular complexity index is 1390. The van der Waals surface area contributed by atoms with Crippen molar-refractivity contribution in [3.63, 3.8) is 0 Å². The number of rotatable bonds is 3. The molecule has 0 unspecified atom stereocenters. The number of halogens is 3. The highest BCUT2D eigenvalue weighted by atomic mass is 19.3. The molecule has 3 aromatic heterocycles. The Hall–Kier alpha value is -4.15. The van der Waals surface area contributed by atoms with E-state index in [-0.39, 0.29) is 11.6 Å². The van der Waals surface area contributed by atoms with Gasteiger partial charge in [-0.05, 0) is 48.4 Å². The zero-order valence-electron chi connectivity index (χ0n) is 17.3. The van der Waals surface area contributed by atoms with E-state index in [1.54, 1.807) is 31.3 Å². The second kappa shape index (κ2) is 7.47. The summed E-state index contributed by atoms with van der Waals surface area (Å²) in [6, 6.07) is 9.30. The number of alkyl halides is 2. The van der Waals surface area contributed by atoms with Crippen molar-refractivity contribution in [2.75, 3.05) is 17.2 Å². The zero-order chi connectivity index (χ0) is 23.3. The number of benzene rings is 1. The molecule has 0 saturated carbocycles. The smallest absolute Gasteiger partial charge is 0.322 e. The van der Waals surface area contributed by atoms with Crippen LogP contribution in [-0.4, -0.2) is 32.2 Å². The highest BCUT2D eigenvalue weighted by Crippen LogP contribution is 2.43. The molecule has 0 spiro atoms. The number of carbonyl (C=O) groups excluding carboxylic acids is 1. The third-order valence-electron chi connectivity index (χ3n) is 5.48. The van der Waals surface area contributed by atoms with Gasteiger partial charge < -0.3 is 11.1 Å². The van der Waals surface area contributed by atoms with Crippen LogP contribution in [0, 0.1) is 5.82 Å². The number of urea groups is 1. The van der Waals surface area contributed by atoms with Crippen LogP contribution in [0.3, 0.4) is 0 Å². The molecule has 0 aliphatic carbocycles. The lowest BCUT2D eigenvalue weighted by Gasteiger charge is -2.22. The molecule has 33 heavy (non-hydrogen) atoms. The van der Waals surface area contributed by atoms with E-state index >= 15 is 0 Å². The van der Waals surface area contributed by atoms with Crippen molar-refractivity contribution in [1.29, 1.82) is 0 Å². The van der Waals surface area contributed by atoms with Gasteiger partial charge in [0.2, 0.25) is 5.95 Å². The Morgan fingerprint density at radius 1 is 1.21 bits per heavy atom. The Labute approximate surface area is 185 Å². The van der Waals surface area contributed by atoms with Crippen LogP contribution in [0.1, 0.15) is 24.2 Å². The molecule has 4 heterocycles. The monoisotopic (exact) mass is 453 g/mol. The predicted octanol–water partition coefficient (Wildman–Crippen LogP) is 3.90. The minimum Gasteiger partial charge on any atom is -0.366 e. The van der Waals surface area contributed by atoms with Gasteiger partial charge in [0.05, 0.1) is 18.3 Å². The van der Waals surface area contributed by atoms with E-state index in [9.17, 15) is 18.0 Å². The van der Waals surface area contributed by atoms with Gasteiger partial charge >= 0.3 is 12.0 Å². The van der Waals surface area contributed by atoms with Crippen molar-refractivity contribution >= 4 is 23.3 Å². The van der Waals surface area contributed by atoms with Gasteiger partial charge in [-0.1, -0.05) is 12.1 Å². The summed E-state index contributed by atoms with van der Waals surface area (Å²) in [5, 5.41) is 6.66. The minimum atomic E-state index is -3.31. The summed E-state index contributed by atoms with van der Waals surface area (Å²) >= 11 is 0. The maximum Gasteiger partial charge on any atom is 0.322 e. The molecule has 0 radical (unpaired) electrons. The number of amides is 2. The maximum atomic E-state index is 14.6. The van der Waals surface area contributed by atoms with Crippen molar-refractivity contribution in [1.82, 2.24) is 24.9 Å². The first kappa shape index (κ1) is 20.7. The standard InChI is InChI=1S/C22H18F3N7O/c1-12(13-3-2-4-16(23)7-13)28-21(33)31-11-22(24,25)19-17(31)8-15(10-27-19)14-5-6-32-18(9-14)29-20(26)30-32/h2-10,12H,11H2,1H3,(H2,26,30)(H,28,33)/t12-/m0/s1. The summed E-state index contributed by atoms with van der Waals surface area (Å²) in [7, 11) is 0. The number of pyridine rings is 2. The van der Waals surface area contributed by atoms with Crippen LogP contribution in [0.25, 0.3) is 16.8 Å². The molecule has 4 aromatic rings. The SMILES string of the molecule is C[C@H](NC(=O)N1CC(F)(F)c2ncc(-c3ccn4nc(N)nc4c3)cc21)c1cccc(F)c1. The van der Waals surface area contributed by atoms with Gasteiger partial charge in [0.25, 0.3) is 0 Å². The van der Waals surface area contributed by atoms with Gasteiger partial charge in [0.1, 0.15) is 11.5 Å². The fourth-order valence-electron chi connectivity index (χ4n) is 3.84. The quantitative estimate of drug-likeness (QED) is 0.490.